The van der Waals surface area contributed by atoms with Crippen molar-refractivity contribution < 1.29 is 13.6 Å². The molecule has 1 amide bonds. The first-order chi connectivity index (χ1) is 18.0. The van der Waals surface area contributed by atoms with Crippen LogP contribution in [0.2, 0.25) is 0 Å². The lowest BCUT2D eigenvalue weighted by atomic mass is 10.0. The lowest BCUT2D eigenvalue weighted by Crippen LogP contribution is -2.39. The highest BCUT2D eigenvalue weighted by molar-refractivity contribution is 5.94. The SMILES string of the molecule is N#Cc1ccc(-c2nnc3n2CCN(C(=O)c2cc(Cc4n[nH]c(=O)c5ccccc45)ccc2F)C3)o1. The number of nitrogens with zero attached hydrogens (tertiary/aromatic N) is 6. The Labute approximate surface area is 208 Å². The molecule has 0 unspecified atom stereocenters. The molecule has 182 valence electrons. The first kappa shape index (κ1) is 22.4. The zero-order valence-corrected chi connectivity index (χ0v) is 19.3. The number of amides is 1. The van der Waals surface area contributed by atoms with Crippen LogP contribution in [0.15, 0.2) is 63.8 Å². The number of halogens is 1. The molecule has 6 rings (SSSR count). The van der Waals surface area contributed by atoms with Gasteiger partial charge in [-0.3, -0.25) is 9.59 Å². The van der Waals surface area contributed by atoms with Gasteiger partial charge in [-0.1, -0.05) is 24.3 Å². The van der Waals surface area contributed by atoms with Gasteiger partial charge in [-0.15, -0.1) is 10.2 Å². The van der Waals surface area contributed by atoms with E-state index in [9.17, 15) is 14.0 Å². The number of hydrogen-bond donors (Lipinski definition) is 1. The second-order valence-corrected chi connectivity index (χ2v) is 8.63. The molecule has 11 heteroatoms. The predicted octanol–water partition coefficient (Wildman–Crippen LogP) is 3.03. The zero-order valence-electron chi connectivity index (χ0n) is 19.3. The molecule has 0 spiro atoms. The molecule has 37 heavy (non-hydrogen) atoms. The number of carbonyl (C=O) groups excluding carboxylic acids is 1. The Morgan fingerprint density at radius 3 is 2.76 bits per heavy atom. The summed E-state index contributed by atoms with van der Waals surface area (Å²) in [4.78, 5) is 26.9. The van der Waals surface area contributed by atoms with E-state index in [1.165, 1.54) is 17.0 Å². The molecule has 2 aromatic carbocycles. The normalized spacial score (nSPS) is 12.9. The number of rotatable bonds is 4. The monoisotopic (exact) mass is 495 g/mol. The molecule has 0 fully saturated rings. The number of aromatic nitrogens is 5. The van der Waals surface area contributed by atoms with Gasteiger partial charge in [-0.2, -0.15) is 10.4 Å². The third kappa shape index (κ3) is 3.94. The van der Waals surface area contributed by atoms with Gasteiger partial charge in [0.15, 0.2) is 17.4 Å². The van der Waals surface area contributed by atoms with E-state index in [4.69, 9.17) is 9.68 Å². The Kier molecular flexibility index (Phi) is 5.34. The Hall–Kier alpha value is -5.11. The number of nitrogens with one attached hydrogen (secondary N) is 1. The maximum Gasteiger partial charge on any atom is 0.272 e. The molecule has 1 aliphatic heterocycles. The van der Waals surface area contributed by atoms with Crippen molar-refractivity contribution in [1.29, 1.82) is 5.26 Å². The second-order valence-electron chi connectivity index (χ2n) is 8.63. The number of H-pyrrole nitrogens is 1. The molecule has 5 aromatic rings. The lowest BCUT2D eigenvalue weighted by molar-refractivity contribution is 0.0703. The Balaban J connectivity index is 1.25. The number of benzene rings is 2. The van der Waals surface area contributed by atoms with Crippen molar-refractivity contribution in [3.8, 4) is 17.7 Å². The van der Waals surface area contributed by atoms with Gasteiger partial charge in [0.25, 0.3) is 11.5 Å². The minimum Gasteiger partial charge on any atom is -0.442 e. The van der Waals surface area contributed by atoms with Gasteiger partial charge in [0.2, 0.25) is 5.76 Å². The van der Waals surface area contributed by atoms with Crippen molar-refractivity contribution >= 4 is 16.7 Å². The molecule has 0 atom stereocenters. The molecule has 1 aliphatic rings. The van der Waals surface area contributed by atoms with Gasteiger partial charge >= 0.3 is 0 Å². The summed E-state index contributed by atoms with van der Waals surface area (Å²) >= 11 is 0. The van der Waals surface area contributed by atoms with Crippen molar-refractivity contribution in [1.82, 2.24) is 29.9 Å². The van der Waals surface area contributed by atoms with Crippen LogP contribution in [-0.2, 0) is 19.5 Å². The summed E-state index contributed by atoms with van der Waals surface area (Å²) in [5.74, 6) is 0.500. The average Bonchev–Trinajstić information content (AvgIpc) is 3.57. The quantitative estimate of drug-likeness (QED) is 0.405. The fourth-order valence-corrected chi connectivity index (χ4v) is 4.55. The van der Waals surface area contributed by atoms with E-state index in [1.807, 2.05) is 22.8 Å². The summed E-state index contributed by atoms with van der Waals surface area (Å²) in [5.41, 5.74) is 0.969. The van der Waals surface area contributed by atoms with Gasteiger partial charge in [0.05, 0.1) is 23.2 Å². The summed E-state index contributed by atoms with van der Waals surface area (Å²) < 4.78 is 22.1. The molecule has 10 nitrogen and oxygen atoms in total. The number of fused-ring (bicyclic) bond motifs is 2. The Morgan fingerprint density at radius 1 is 1.11 bits per heavy atom. The van der Waals surface area contributed by atoms with Gasteiger partial charge in [0.1, 0.15) is 11.9 Å². The maximum absolute atomic E-state index is 14.8. The van der Waals surface area contributed by atoms with Crippen molar-refractivity contribution in [2.24, 2.45) is 0 Å². The highest BCUT2D eigenvalue weighted by atomic mass is 19.1. The minimum atomic E-state index is -0.625. The summed E-state index contributed by atoms with van der Waals surface area (Å²) in [6, 6.07) is 16.7. The molecule has 3 aromatic heterocycles. The first-order valence-corrected chi connectivity index (χ1v) is 11.5. The van der Waals surface area contributed by atoms with E-state index < -0.39 is 11.7 Å². The Bertz CT molecular complexity index is 1780. The van der Waals surface area contributed by atoms with E-state index in [0.29, 0.717) is 58.9 Å². The van der Waals surface area contributed by atoms with Crippen LogP contribution in [0.5, 0.6) is 0 Å². The van der Waals surface area contributed by atoms with Crippen LogP contribution in [0.1, 0.15) is 33.2 Å². The van der Waals surface area contributed by atoms with Crippen LogP contribution in [0, 0.1) is 17.1 Å². The number of hydrogen-bond acceptors (Lipinski definition) is 7. The number of nitriles is 1. The van der Waals surface area contributed by atoms with Crippen LogP contribution in [0.25, 0.3) is 22.4 Å². The molecule has 4 heterocycles. The van der Waals surface area contributed by atoms with Crippen LogP contribution < -0.4 is 5.56 Å². The summed E-state index contributed by atoms with van der Waals surface area (Å²) in [5, 5.41) is 25.2. The lowest BCUT2D eigenvalue weighted by Gasteiger charge is -2.28. The smallest absolute Gasteiger partial charge is 0.272 e. The van der Waals surface area contributed by atoms with Crippen molar-refractivity contribution in [2.45, 2.75) is 19.5 Å². The highest BCUT2D eigenvalue weighted by Gasteiger charge is 2.28. The van der Waals surface area contributed by atoms with Crippen molar-refractivity contribution in [3.05, 3.63) is 99.2 Å². The number of aromatic amines is 1. The van der Waals surface area contributed by atoms with Crippen molar-refractivity contribution in [2.75, 3.05) is 6.54 Å². The molecule has 0 bridgehead atoms. The molecule has 0 aliphatic carbocycles. The third-order valence-electron chi connectivity index (χ3n) is 6.38. The van der Waals surface area contributed by atoms with Crippen LogP contribution in [-0.4, -0.2) is 42.3 Å². The topological polar surface area (TPSA) is 134 Å². The fraction of sp³-hybridized carbons (Fsp3) is 0.154. The summed E-state index contributed by atoms with van der Waals surface area (Å²) in [7, 11) is 0. The van der Waals surface area contributed by atoms with Gasteiger partial charge in [0, 0.05) is 24.9 Å². The van der Waals surface area contributed by atoms with Crippen LogP contribution in [0.3, 0.4) is 0 Å². The van der Waals surface area contributed by atoms with E-state index in [2.05, 4.69) is 20.4 Å². The Morgan fingerprint density at radius 2 is 1.95 bits per heavy atom. The van der Waals surface area contributed by atoms with E-state index >= 15 is 0 Å². The van der Waals surface area contributed by atoms with Gasteiger partial charge in [-0.25, -0.2) is 9.49 Å². The van der Waals surface area contributed by atoms with Crippen LogP contribution in [0.4, 0.5) is 4.39 Å². The summed E-state index contributed by atoms with van der Waals surface area (Å²) in [6.07, 6.45) is 0.309. The zero-order chi connectivity index (χ0) is 25.5. The molecule has 1 N–H and O–H groups in total. The number of carbonyl (C=O) groups is 1. The summed E-state index contributed by atoms with van der Waals surface area (Å²) in [6.45, 7) is 0.854. The van der Waals surface area contributed by atoms with Gasteiger partial charge in [-0.05, 0) is 35.9 Å². The molecule has 0 saturated heterocycles. The fourth-order valence-electron chi connectivity index (χ4n) is 4.55. The minimum absolute atomic E-state index is 0.0517. The van der Waals surface area contributed by atoms with Crippen LogP contribution >= 0.6 is 0 Å². The standard InChI is InChI=1S/C26H18FN7O3/c27-20-7-5-15(12-21-17-3-1-2-4-18(17)25(35)32-29-21)11-19(20)26(36)33-9-10-34-23(14-33)30-31-24(34)22-8-6-16(13-28)37-22/h1-8,11H,9-10,12,14H2,(H,32,35). The molecule has 0 radical (unpaired) electrons. The van der Waals surface area contributed by atoms with Gasteiger partial charge < -0.3 is 13.9 Å². The van der Waals surface area contributed by atoms with E-state index in [1.54, 1.807) is 30.3 Å². The van der Waals surface area contributed by atoms with E-state index in [-0.39, 0.29) is 23.4 Å². The molecule has 0 saturated carbocycles. The largest absolute Gasteiger partial charge is 0.442 e. The third-order valence-corrected chi connectivity index (χ3v) is 6.38. The molecular formula is C26H18FN7O3. The van der Waals surface area contributed by atoms with E-state index in [0.717, 1.165) is 0 Å². The molecular weight excluding hydrogens is 477 g/mol. The predicted molar refractivity (Wildman–Crippen MR) is 129 cm³/mol. The number of furan rings is 1. The maximum atomic E-state index is 14.8. The first-order valence-electron chi connectivity index (χ1n) is 11.5. The average molecular weight is 495 g/mol. The second kappa shape index (κ2) is 8.83. The van der Waals surface area contributed by atoms with Crippen molar-refractivity contribution in [3.63, 3.8) is 0 Å². The highest BCUT2D eigenvalue weighted by Crippen LogP contribution is 2.25.